The predicted molar refractivity (Wildman–Crippen MR) is 75.4 cm³/mol. The molecule has 1 aromatic heterocycles. The number of carbonyl (C=O) groups excluding carboxylic acids is 2. The number of carbonyl (C=O) groups is 2. The number of rotatable bonds is 2. The molecule has 2 atom stereocenters. The van der Waals surface area contributed by atoms with Gasteiger partial charge in [0.2, 0.25) is 0 Å². The van der Waals surface area contributed by atoms with E-state index in [1.54, 1.807) is 6.07 Å². The van der Waals surface area contributed by atoms with Gasteiger partial charge in [0.05, 0.1) is 0 Å². The molecule has 1 aliphatic carbocycles. The molecule has 106 valence electrons. The molecule has 0 aromatic carbocycles. The van der Waals surface area contributed by atoms with Crippen molar-refractivity contribution in [2.75, 3.05) is 6.54 Å². The quantitative estimate of drug-likeness (QED) is 0.830. The van der Waals surface area contributed by atoms with Gasteiger partial charge in [-0.25, -0.2) is 4.98 Å². The molecular formula is C16H20N2O2. The van der Waals surface area contributed by atoms with Gasteiger partial charge in [-0.1, -0.05) is 6.07 Å². The molecule has 2 fully saturated rings. The standard InChI is InChI=1S/C16H20N2O2/c1-11-5-2-7-13(17-11)16(20)18-10-4-8-14(18)12-6-3-9-15(12)19/h2,5,7,12,14H,3-4,6,8-10H2,1H3. The monoisotopic (exact) mass is 272 g/mol. The maximum atomic E-state index is 12.6. The maximum absolute atomic E-state index is 12.6. The number of aromatic nitrogens is 1. The summed E-state index contributed by atoms with van der Waals surface area (Å²) in [5, 5.41) is 0. The number of ketones is 1. The SMILES string of the molecule is Cc1cccc(C(=O)N2CCCC2C2CCCC2=O)n1. The third kappa shape index (κ3) is 2.35. The molecule has 1 aliphatic heterocycles. The van der Waals surface area contributed by atoms with Crippen LogP contribution >= 0.6 is 0 Å². The summed E-state index contributed by atoms with van der Waals surface area (Å²) in [6.07, 6.45) is 4.55. The summed E-state index contributed by atoms with van der Waals surface area (Å²) in [6.45, 7) is 2.64. The van der Waals surface area contributed by atoms with Gasteiger partial charge in [-0.2, -0.15) is 0 Å². The van der Waals surface area contributed by atoms with E-state index in [4.69, 9.17) is 0 Å². The molecule has 0 bridgehead atoms. The molecule has 2 aliphatic rings. The van der Waals surface area contributed by atoms with Crippen molar-refractivity contribution in [2.45, 2.75) is 45.1 Å². The van der Waals surface area contributed by atoms with Crippen molar-refractivity contribution in [3.8, 4) is 0 Å². The van der Waals surface area contributed by atoms with Gasteiger partial charge in [0.25, 0.3) is 5.91 Å². The zero-order chi connectivity index (χ0) is 14.1. The fourth-order valence-electron chi connectivity index (χ4n) is 3.52. The van der Waals surface area contributed by atoms with E-state index >= 15 is 0 Å². The topological polar surface area (TPSA) is 50.3 Å². The first-order valence-corrected chi connectivity index (χ1v) is 7.44. The fraction of sp³-hybridized carbons (Fsp3) is 0.562. The van der Waals surface area contributed by atoms with E-state index in [2.05, 4.69) is 4.98 Å². The van der Waals surface area contributed by atoms with Crippen molar-refractivity contribution in [3.05, 3.63) is 29.6 Å². The number of pyridine rings is 1. The Bertz CT molecular complexity index is 541. The van der Waals surface area contributed by atoms with Crippen LogP contribution in [0.3, 0.4) is 0 Å². The van der Waals surface area contributed by atoms with Crippen LogP contribution < -0.4 is 0 Å². The lowest BCUT2D eigenvalue weighted by atomic mass is 9.95. The average Bonchev–Trinajstić information content (AvgIpc) is 3.06. The van der Waals surface area contributed by atoms with Crippen LogP contribution in [0.4, 0.5) is 0 Å². The van der Waals surface area contributed by atoms with Gasteiger partial charge in [-0.3, -0.25) is 9.59 Å². The summed E-state index contributed by atoms with van der Waals surface area (Å²) in [5.74, 6) is 0.383. The highest BCUT2D eigenvalue weighted by atomic mass is 16.2. The minimum absolute atomic E-state index is 0.0177. The zero-order valence-electron chi connectivity index (χ0n) is 11.8. The lowest BCUT2D eigenvalue weighted by Crippen LogP contribution is -2.41. The highest BCUT2D eigenvalue weighted by Crippen LogP contribution is 2.33. The van der Waals surface area contributed by atoms with Crippen molar-refractivity contribution in [1.82, 2.24) is 9.88 Å². The Hall–Kier alpha value is -1.71. The van der Waals surface area contributed by atoms with E-state index in [9.17, 15) is 9.59 Å². The molecular weight excluding hydrogens is 252 g/mol. The molecule has 4 heteroatoms. The van der Waals surface area contributed by atoms with Crippen LogP contribution in [0.1, 0.15) is 48.3 Å². The Morgan fingerprint density at radius 2 is 2.15 bits per heavy atom. The van der Waals surface area contributed by atoms with E-state index in [-0.39, 0.29) is 17.9 Å². The van der Waals surface area contributed by atoms with Gasteiger partial charge >= 0.3 is 0 Å². The highest BCUT2D eigenvalue weighted by Gasteiger charge is 2.40. The Balaban J connectivity index is 1.81. The van der Waals surface area contributed by atoms with Gasteiger partial charge in [-0.15, -0.1) is 0 Å². The second-order valence-corrected chi connectivity index (χ2v) is 5.84. The summed E-state index contributed by atoms with van der Waals surface area (Å²) in [5.41, 5.74) is 1.35. The number of hydrogen-bond acceptors (Lipinski definition) is 3. The molecule has 1 saturated carbocycles. The first-order chi connectivity index (χ1) is 9.66. The molecule has 3 rings (SSSR count). The predicted octanol–water partition coefficient (Wildman–Crippen LogP) is 2.36. The fourth-order valence-corrected chi connectivity index (χ4v) is 3.52. The van der Waals surface area contributed by atoms with Crippen molar-refractivity contribution in [2.24, 2.45) is 5.92 Å². The van der Waals surface area contributed by atoms with Gasteiger partial charge < -0.3 is 4.90 Å². The van der Waals surface area contributed by atoms with Crippen LogP contribution in [0.15, 0.2) is 18.2 Å². The van der Waals surface area contributed by atoms with Crippen LogP contribution in [0.2, 0.25) is 0 Å². The molecule has 0 N–H and O–H groups in total. The molecule has 2 unspecified atom stereocenters. The second kappa shape index (κ2) is 5.35. The summed E-state index contributed by atoms with van der Waals surface area (Å²) in [7, 11) is 0. The molecule has 1 aromatic rings. The summed E-state index contributed by atoms with van der Waals surface area (Å²) in [4.78, 5) is 30.8. The molecule has 0 radical (unpaired) electrons. The third-order valence-electron chi connectivity index (χ3n) is 4.48. The van der Waals surface area contributed by atoms with E-state index in [0.717, 1.165) is 37.9 Å². The number of amides is 1. The van der Waals surface area contributed by atoms with Gasteiger partial charge in [0, 0.05) is 30.6 Å². The van der Waals surface area contributed by atoms with Crippen molar-refractivity contribution in [1.29, 1.82) is 0 Å². The lowest BCUT2D eigenvalue weighted by Gasteiger charge is -2.28. The number of nitrogens with zero attached hydrogens (tertiary/aromatic N) is 2. The minimum Gasteiger partial charge on any atom is -0.334 e. The van der Waals surface area contributed by atoms with Crippen LogP contribution in [0, 0.1) is 12.8 Å². The summed E-state index contributed by atoms with van der Waals surface area (Å²) >= 11 is 0. The lowest BCUT2D eigenvalue weighted by molar-refractivity contribution is -0.121. The minimum atomic E-state index is -0.0177. The van der Waals surface area contributed by atoms with Gasteiger partial charge in [0.15, 0.2) is 0 Å². The Labute approximate surface area is 119 Å². The molecule has 0 spiro atoms. The van der Waals surface area contributed by atoms with Gasteiger partial charge in [-0.05, 0) is 44.7 Å². The first kappa shape index (κ1) is 13.3. The van der Waals surface area contributed by atoms with Gasteiger partial charge in [0.1, 0.15) is 11.5 Å². The highest BCUT2D eigenvalue weighted by molar-refractivity contribution is 5.93. The second-order valence-electron chi connectivity index (χ2n) is 5.84. The van der Waals surface area contributed by atoms with E-state index in [0.29, 0.717) is 17.9 Å². The van der Waals surface area contributed by atoms with Crippen molar-refractivity contribution < 1.29 is 9.59 Å². The zero-order valence-corrected chi connectivity index (χ0v) is 11.8. The number of aryl methyl sites for hydroxylation is 1. The summed E-state index contributed by atoms with van der Waals surface area (Å²) in [6, 6.07) is 5.61. The smallest absolute Gasteiger partial charge is 0.272 e. The molecule has 1 amide bonds. The molecule has 20 heavy (non-hydrogen) atoms. The Kier molecular flexibility index (Phi) is 3.55. The van der Waals surface area contributed by atoms with E-state index < -0.39 is 0 Å². The van der Waals surface area contributed by atoms with E-state index in [1.165, 1.54) is 0 Å². The molecule has 2 heterocycles. The van der Waals surface area contributed by atoms with Crippen molar-refractivity contribution >= 4 is 11.7 Å². The molecule has 4 nitrogen and oxygen atoms in total. The number of likely N-dealkylation sites (tertiary alicyclic amines) is 1. The summed E-state index contributed by atoms with van der Waals surface area (Å²) < 4.78 is 0. The molecule has 1 saturated heterocycles. The van der Waals surface area contributed by atoms with Crippen LogP contribution in [-0.2, 0) is 4.79 Å². The Morgan fingerprint density at radius 1 is 1.30 bits per heavy atom. The number of Topliss-reactive ketones (excluding diaryl/α,β-unsaturated/α-hetero) is 1. The largest absolute Gasteiger partial charge is 0.334 e. The third-order valence-corrected chi connectivity index (χ3v) is 4.48. The maximum Gasteiger partial charge on any atom is 0.272 e. The van der Waals surface area contributed by atoms with Crippen molar-refractivity contribution in [3.63, 3.8) is 0 Å². The normalized spacial score (nSPS) is 26.2. The first-order valence-electron chi connectivity index (χ1n) is 7.44. The van der Waals surface area contributed by atoms with Crippen LogP contribution in [0.5, 0.6) is 0 Å². The van der Waals surface area contributed by atoms with Crippen LogP contribution in [0.25, 0.3) is 0 Å². The van der Waals surface area contributed by atoms with E-state index in [1.807, 2.05) is 24.0 Å². The average molecular weight is 272 g/mol. The number of hydrogen-bond donors (Lipinski definition) is 0. The van der Waals surface area contributed by atoms with Crippen LogP contribution in [-0.4, -0.2) is 34.2 Å². The Morgan fingerprint density at radius 3 is 2.85 bits per heavy atom.